The van der Waals surface area contributed by atoms with Crippen molar-refractivity contribution in [2.24, 2.45) is 5.73 Å². The number of nitrogens with two attached hydrogens (primary N) is 1. The zero-order chi connectivity index (χ0) is 14.4. The number of nitrogens with zero attached hydrogens (tertiary/aromatic N) is 1. The monoisotopic (exact) mass is 287 g/mol. The fourth-order valence-electron chi connectivity index (χ4n) is 1.39. The molecule has 1 amide bonds. The standard InChI is InChI=1S/C11H14ClN3O4/c1-19-8(6-13)5-11(16)14-10-4-7(15(17)18)2-3-9(10)12/h2-4,8H,5-6,13H2,1H3,(H,14,16). The fraction of sp³-hybridized carbons (Fsp3) is 0.364. The van der Waals surface area contributed by atoms with Crippen LogP contribution in [0.1, 0.15) is 6.42 Å². The van der Waals surface area contributed by atoms with Gasteiger partial charge >= 0.3 is 0 Å². The largest absolute Gasteiger partial charge is 0.380 e. The minimum atomic E-state index is -0.566. The van der Waals surface area contributed by atoms with Gasteiger partial charge in [0.05, 0.1) is 28.2 Å². The molecule has 0 bridgehead atoms. The van der Waals surface area contributed by atoms with Gasteiger partial charge in [-0.2, -0.15) is 0 Å². The second-order valence-electron chi connectivity index (χ2n) is 3.77. The number of methoxy groups -OCH3 is 1. The fourth-order valence-corrected chi connectivity index (χ4v) is 1.56. The molecule has 0 saturated heterocycles. The highest BCUT2D eigenvalue weighted by Crippen LogP contribution is 2.26. The SMILES string of the molecule is COC(CN)CC(=O)Nc1cc([N+](=O)[O-])ccc1Cl. The van der Waals surface area contributed by atoms with E-state index in [0.717, 1.165) is 0 Å². The normalized spacial score (nSPS) is 11.9. The molecule has 1 rings (SSSR count). The molecule has 0 aliphatic carbocycles. The van der Waals surface area contributed by atoms with Crippen LogP contribution in [0.5, 0.6) is 0 Å². The molecule has 0 radical (unpaired) electrons. The second-order valence-corrected chi connectivity index (χ2v) is 4.17. The van der Waals surface area contributed by atoms with Gasteiger partial charge in [-0.1, -0.05) is 11.6 Å². The molecule has 0 aromatic heterocycles. The van der Waals surface area contributed by atoms with Crippen molar-refractivity contribution < 1.29 is 14.5 Å². The zero-order valence-electron chi connectivity index (χ0n) is 10.3. The number of nitrogens with one attached hydrogen (secondary N) is 1. The highest BCUT2D eigenvalue weighted by Gasteiger charge is 2.15. The molecule has 0 aliphatic heterocycles. The smallest absolute Gasteiger partial charge is 0.271 e. The maximum absolute atomic E-state index is 11.7. The number of rotatable bonds is 6. The lowest BCUT2D eigenvalue weighted by Gasteiger charge is -2.13. The molecule has 0 aliphatic rings. The molecule has 0 fully saturated rings. The number of carbonyl (C=O) groups is 1. The molecule has 1 atom stereocenters. The topological polar surface area (TPSA) is 107 Å². The van der Waals surface area contributed by atoms with E-state index in [1.54, 1.807) is 0 Å². The summed E-state index contributed by atoms with van der Waals surface area (Å²) in [5.74, 6) is -0.375. The Balaban J connectivity index is 2.78. The first-order valence-corrected chi connectivity index (χ1v) is 5.82. The first-order valence-electron chi connectivity index (χ1n) is 5.44. The molecule has 7 nitrogen and oxygen atoms in total. The van der Waals surface area contributed by atoms with Gasteiger partial charge < -0.3 is 15.8 Å². The van der Waals surface area contributed by atoms with Crippen LogP contribution in [0.2, 0.25) is 5.02 Å². The number of ether oxygens (including phenoxy) is 1. The molecule has 19 heavy (non-hydrogen) atoms. The van der Waals surface area contributed by atoms with E-state index in [9.17, 15) is 14.9 Å². The lowest BCUT2D eigenvalue weighted by atomic mass is 10.2. The van der Waals surface area contributed by atoms with Gasteiger partial charge in [-0.25, -0.2) is 0 Å². The van der Waals surface area contributed by atoms with E-state index in [4.69, 9.17) is 22.1 Å². The van der Waals surface area contributed by atoms with Crippen molar-refractivity contribution in [1.82, 2.24) is 0 Å². The second kappa shape index (κ2) is 7.03. The Morgan fingerprint density at radius 1 is 1.63 bits per heavy atom. The Morgan fingerprint density at radius 2 is 2.32 bits per heavy atom. The van der Waals surface area contributed by atoms with Crippen LogP contribution >= 0.6 is 11.6 Å². The van der Waals surface area contributed by atoms with E-state index in [-0.39, 0.29) is 35.3 Å². The number of hydrogen-bond donors (Lipinski definition) is 2. The van der Waals surface area contributed by atoms with Crippen molar-refractivity contribution in [3.63, 3.8) is 0 Å². The quantitative estimate of drug-likeness (QED) is 0.609. The van der Waals surface area contributed by atoms with Crippen LogP contribution in [-0.2, 0) is 9.53 Å². The van der Waals surface area contributed by atoms with E-state index in [0.29, 0.717) is 0 Å². The van der Waals surface area contributed by atoms with Crippen LogP contribution < -0.4 is 11.1 Å². The van der Waals surface area contributed by atoms with Gasteiger partial charge in [-0.3, -0.25) is 14.9 Å². The van der Waals surface area contributed by atoms with Crippen LogP contribution in [-0.4, -0.2) is 30.6 Å². The van der Waals surface area contributed by atoms with Gasteiger partial charge in [-0.15, -0.1) is 0 Å². The molecule has 0 heterocycles. The third kappa shape index (κ3) is 4.47. The minimum absolute atomic E-state index is 0.0476. The lowest BCUT2D eigenvalue weighted by Crippen LogP contribution is -2.28. The number of amides is 1. The first-order chi connectivity index (χ1) is 8.97. The number of benzene rings is 1. The number of non-ortho nitro benzene ring substituents is 1. The molecule has 1 unspecified atom stereocenters. The summed E-state index contributed by atoms with van der Waals surface area (Å²) in [6.45, 7) is 0.201. The Bertz CT molecular complexity index is 477. The predicted molar refractivity (Wildman–Crippen MR) is 71.2 cm³/mol. The Morgan fingerprint density at radius 3 is 2.84 bits per heavy atom. The minimum Gasteiger partial charge on any atom is -0.380 e. The van der Waals surface area contributed by atoms with Gasteiger partial charge in [0.2, 0.25) is 5.91 Å². The Labute approximate surface area is 114 Å². The summed E-state index contributed by atoms with van der Waals surface area (Å²) < 4.78 is 4.97. The maximum atomic E-state index is 11.7. The average Bonchev–Trinajstić information content (AvgIpc) is 2.38. The van der Waals surface area contributed by atoms with Crippen molar-refractivity contribution in [3.8, 4) is 0 Å². The summed E-state index contributed by atoms with van der Waals surface area (Å²) in [5, 5.41) is 13.4. The van der Waals surface area contributed by atoms with Crippen LogP contribution in [0, 0.1) is 10.1 Å². The number of nitro groups is 1. The Hall–Kier alpha value is -1.70. The van der Waals surface area contributed by atoms with Gasteiger partial charge in [-0.05, 0) is 6.07 Å². The van der Waals surface area contributed by atoms with Crippen molar-refractivity contribution in [2.75, 3.05) is 19.0 Å². The lowest BCUT2D eigenvalue weighted by molar-refractivity contribution is -0.384. The summed E-state index contributed by atoms with van der Waals surface area (Å²) >= 11 is 5.86. The summed E-state index contributed by atoms with van der Waals surface area (Å²) in [5.41, 5.74) is 5.43. The van der Waals surface area contributed by atoms with Gasteiger partial charge in [0.15, 0.2) is 0 Å². The van der Waals surface area contributed by atoms with Crippen molar-refractivity contribution in [1.29, 1.82) is 0 Å². The van der Waals surface area contributed by atoms with E-state index in [1.165, 1.54) is 25.3 Å². The number of carbonyl (C=O) groups excluding carboxylic acids is 1. The molecule has 3 N–H and O–H groups in total. The van der Waals surface area contributed by atoms with Gasteiger partial charge in [0.25, 0.3) is 5.69 Å². The highest BCUT2D eigenvalue weighted by molar-refractivity contribution is 6.33. The molecular weight excluding hydrogens is 274 g/mol. The van der Waals surface area contributed by atoms with E-state index >= 15 is 0 Å². The maximum Gasteiger partial charge on any atom is 0.271 e. The summed E-state index contributed by atoms with van der Waals surface area (Å²) in [6, 6.07) is 3.81. The molecule has 0 spiro atoms. The zero-order valence-corrected chi connectivity index (χ0v) is 11.0. The average molecular weight is 288 g/mol. The Kier molecular flexibility index (Phi) is 5.68. The van der Waals surface area contributed by atoms with Crippen molar-refractivity contribution in [3.05, 3.63) is 33.3 Å². The van der Waals surface area contributed by atoms with E-state index in [1.807, 2.05) is 0 Å². The third-order valence-electron chi connectivity index (χ3n) is 2.44. The third-order valence-corrected chi connectivity index (χ3v) is 2.77. The van der Waals surface area contributed by atoms with Crippen molar-refractivity contribution >= 4 is 28.9 Å². The first kappa shape index (κ1) is 15.4. The van der Waals surface area contributed by atoms with E-state index < -0.39 is 11.0 Å². The molecule has 104 valence electrons. The van der Waals surface area contributed by atoms with Gasteiger partial charge in [0, 0.05) is 25.8 Å². The molecule has 1 aromatic rings. The molecule has 0 saturated carbocycles. The van der Waals surface area contributed by atoms with E-state index in [2.05, 4.69) is 5.32 Å². The summed E-state index contributed by atoms with van der Waals surface area (Å²) in [7, 11) is 1.45. The summed E-state index contributed by atoms with van der Waals surface area (Å²) in [4.78, 5) is 21.8. The highest BCUT2D eigenvalue weighted by atomic mass is 35.5. The van der Waals surface area contributed by atoms with Crippen LogP contribution in [0.4, 0.5) is 11.4 Å². The summed E-state index contributed by atoms with van der Waals surface area (Å²) in [6.07, 6.45) is -0.357. The molecule has 8 heteroatoms. The van der Waals surface area contributed by atoms with Crippen LogP contribution in [0.3, 0.4) is 0 Å². The predicted octanol–water partition coefficient (Wildman–Crippen LogP) is 1.55. The van der Waals surface area contributed by atoms with Crippen molar-refractivity contribution in [2.45, 2.75) is 12.5 Å². The molecule has 1 aromatic carbocycles. The van der Waals surface area contributed by atoms with Crippen LogP contribution in [0.25, 0.3) is 0 Å². The number of halogens is 1. The number of nitro benzene ring substituents is 1. The van der Waals surface area contributed by atoms with Gasteiger partial charge in [0.1, 0.15) is 0 Å². The molecular formula is C11H14ClN3O4. The number of hydrogen-bond acceptors (Lipinski definition) is 5. The number of anilines is 1. The van der Waals surface area contributed by atoms with Crippen LogP contribution in [0.15, 0.2) is 18.2 Å².